The minimum absolute atomic E-state index is 0.550. The Kier molecular flexibility index (Phi) is 4.36. The van der Waals surface area contributed by atoms with Gasteiger partial charge in [-0.25, -0.2) is 0 Å². The molecule has 1 heterocycles. The van der Waals surface area contributed by atoms with Crippen molar-refractivity contribution in [3.05, 3.63) is 47.5 Å². The van der Waals surface area contributed by atoms with Gasteiger partial charge in [0.2, 0.25) is 0 Å². The van der Waals surface area contributed by atoms with E-state index in [1.54, 1.807) is 11.8 Å². The Labute approximate surface area is 129 Å². The van der Waals surface area contributed by atoms with Gasteiger partial charge >= 0.3 is 0 Å². The maximum atomic E-state index is 5.85. The zero-order valence-corrected chi connectivity index (χ0v) is 12.9. The second-order valence-electron chi connectivity index (χ2n) is 5.08. The molecule has 0 saturated carbocycles. The molecule has 3 nitrogen and oxygen atoms in total. The van der Waals surface area contributed by atoms with Crippen LogP contribution < -0.4 is 15.2 Å². The molecule has 0 atom stereocenters. The van der Waals surface area contributed by atoms with Crippen LogP contribution in [0.4, 0.5) is 0 Å². The van der Waals surface area contributed by atoms with E-state index in [2.05, 4.69) is 31.2 Å². The van der Waals surface area contributed by atoms with Gasteiger partial charge < -0.3 is 15.2 Å². The van der Waals surface area contributed by atoms with E-state index in [4.69, 9.17) is 15.2 Å². The minimum Gasteiger partial charge on any atom is -0.490 e. The molecule has 0 radical (unpaired) electrons. The van der Waals surface area contributed by atoms with Crippen molar-refractivity contribution in [2.24, 2.45) is 5.73 Å². The third-order valence-corrected chi connectivity index (χ3v) is 4.49. The fraction of sp³-hybridized carbons (Fsp3) is 0.294. The van der Waals surface area contributed by atoms with E-state index in [9.17, 15) is 0 Å². The van der Waals surface area contributed by atoms with Gasteiger partial charge in [-0.15, -0.1) is 0 Å². The highest BCUT2D eigenvalue weighted by Crippen LogP contribution is 2.37. The van der Waals surface area contributed by atoms with Gasteiger partial charge in [-0.05, 0) is 36.8 Å². The van der Waals surface area contributed by atoms with Crippen LogP contribution in [0.2, 0.25) is 0 Å². The lowest BCUT2D eigenvalue weighted by molar-refractivity contribution is 0.297. The topological polar surface area (TPSA) is 44.5 Å². The Morgan fingerprint density at radius 2 is 1.86 bits per heavy atom. The maximum absolute atomic E-state index is 5.85. The van der Waals surface area contributed by atoms with E-state index in [0.717, 1.165) is 29.4 Å². The third kappa shape index (κ3) is 3.34. The molecule has 3 rings (SSSR count). The van der Waals surface area contributed by atoms with Crippen LogP contribution in [0, 0.1) is 6.92 Å². The third-order valence-electron chi connectivity index (χ3n) is 3.38. The van der Waals surface area contributed by atoms with Gasteiger partial charge in [0, 0.05) is 22.8 Å². The number of rotatable bonds is 3. The van der Waals surface area contributed by atoms with Gasteiger partial charge in [-0.1, -0.05) is 29.5 Å². The van der Waals surface area contributed by atoms with E-state index in [-0.39, 0.29) is 0 Å². The normalized spacial score (nSPS) is 13.8. The van der Waals surface area contributed by atoms with Gasteiger partial charge in [-0.2, -0.15) is 0 Å². The van der Waals surface area contributed by atoms with Crippen LogP contribution in [0.3, 0.4) is 0 Å². The number of benzene rings is 2. The molecule has 0 amide bonds. The molecular weight excluding hydrogens is 282 g/mol. The van der Waals surface area contributed by atoms with Crippen molar-refractivity contribution in [2.45, 2.75) is 29.7 Å². The number of nitrogens with two attached hydrogens (primary N) is 1. The molecule has 1 aliphatic heterocycles. The first kappa shape index (κ1) is 14.3. The molecular formula is C17H19NO2S. The Morgan fingerprint density at radius 1 is 1.05 bits per heavy atom. The second kappa shape index (κ2) is 6.41. The Morgan fingerprint density at radius 3 is 2.67 bits per heavy atom. The zero-order chi connectivity index (χ0) is 14.7. The summed E-state index contributed by atoms with van der Waals surface area (Å²) in [4.78, 5) is 2.33. The molecule has 0 fully saturated rings. The summed E-state index contributed by atoms with van der Waals surface area (Å²) < 4.78 is 11.4. The highest BCUT2D eigenvalue weighted by molar-refractivity contribution is 7.99. The quantitative estimate of drug-likeness (QED) is 0.937. The number of fused-ring (bicyclic) bond motifs is 1. The van der Waals surface area contributed by atoms with Gasteiger partial charge in [0.25, 0.3) is 0 Å². The Bertz CT molecular complexity index is 643. The van der Waals surface area contributed by atoms with Crippen LogP contribution in [-0.4, -0.2) is 13.2 Å². The van der Waals surface area contributed by atoms with E-state index in [1.807, 2.05) is 12.1 Å². The van der Waals surface area contributed by atoms with Gasteiger partial charge in [0.1, 0.15) is 0 Å². The number of hydrogen-bond acceptors (Lipinski definition) is 4. The number of hydrogen-bond donors (Lipinski definition) is 1. The SMILES string of the molecule is Cc1ccc(Sc2ccc3c(c2)OCCCO3)c(CN)c1. The van der Waals surface area contributed by atoms with E-state index >= 15 is 0 Å². The van der Waals surface area contributed by atoms with Crippen molar-refractivity contribution in [1.29, 1.82) is 0 Å². The molecule has 0 saturated heterocycles. The largest absolute Gasteiger partial charge is 0.490 e. The first-order valence-electron chi connectivity index (χ1n) is 7.13. The predicted molar refractivity (Wildman–Crippen MR) is 85.2 cm³/mol. The summed E-state index contributed by atoms with van der Waals surface area (Å²) in [5, 5.41) is 0. The molecule has 2 aromatic carbocycles. The standard InChI is InChI=1S/C17H19NO2S/c1-12-3-6-17(13(9-12)11-18)21-14-4-5-15-16(10-14)20-8-2-7-19-15/h3-6,9-10H,2,7-8,11,18H2,1H3. The summed E-state index contributed by atoms with van der Waals surface area (Å²) in [5.74, 6) is 1.67. The van der Waals surface area contributed by atoms with Gasteiger partial charge in [0.05, 0.1) is 13.2 Å². The molecule has 110 valence electrons. The highest BCUT2D eigenvalue weighted by Gasteiger charge is 2.12. The van der Waals surface area contributed by atoms with Gasteiger partial charge in [-0.3, -0.25) is 0 Å². The van der Waals surface area contributed by atoms with Gasteiger partial charge in [0.15, 0.2) is 11.5 Å². The monoisotopic (exact) mass is 301 g/mol. The number of ether oxygens (including phenoxy) is 2. The summed E-state index contributed by atoms with van der Waals surface area (Å²) in [6.07, 6.45) is 0.923. The van der Waals surface area contributed by atoms with Crippen molar-refractivity contribution >= 4 is 11.8 Å². The molecule has 0 spiro atoms. The summed E-state index contributed by atoms with van der Waals surface area (Å²) in [7, 11) is 0. The molecule has 2 aromatic rings. The van der Waals surface area contributed by atoms with Crippen molar-refractivity contribution in [1.82, 2.24) is 0 Å². The second-order valence-corrected chi connectivity index (χ2v) is 6.19. The molecule has 2 N–H and O–H groups in total. The Balaban J connectivity index is 1.87. The summed E-state index contributed by atoms with van der Waals surface area (Å²) in [5.41, 5.74) is 8.25. The first-order chi connectivity index (χ1) is 10.3. The molecule has 0 aromatic heterocycles. The van der Waals surface area contributed by atoms with Crippen molar-refractivity contribution in [2.75, 3.05) is 13.2 Å². The predicted octanol–water partition coefficient (Wildman–Crippen LogP) is 3.77. The lowest BCUT2D eigenvalue weighted by atomic mass is 10.1. The average molecular weight is 301 g/mol. The van der Waals surface area contributed by atoms with Crippen LogP contribution in [-0.2, 0) is 6.54 Å². The fourth-order valence-corrected chi connectivity index (χ4v) is 3.27. The molecule has 21 heavy (non-hydrogen) atoms. The average Bonchev–Trinajstić information content (AvgIpc) is 2.74. The van der Waals surface area contributed by atoms with E-state index in [0.29, 0.717) is 13.2 Å². The van der Waals surface area contributed by atoms with Crippen LogP contribution >= 0.6 is 11.8 Å². The van der Waals surface area contributed by atoms with E-state index in [1.165, 1.54) is 16.0 Å². The Hall–Kier alpha value is -1.65. The van der Waals surface area contributed by atoms with Crippen LogP contribution in [0.15, 0.2) is 46.2 Å². The maximum Gasteiger partial charge on any atom is 0.162 e. The summed E-state index contributed by atoms with van der Waals surface area (Å²) in [6, 6.07) is 12.5. The molecule has 0 unspecified atom stereocenters. The van der Waals surface area contributed by atoms with Crippen molar-refractivity contribution < 1.29 is 9.47 Å². The minimum atomic E-state index is 0.550. The fourth-order valence-electron chi connectivity index (χ4n) is 2.30. The molecule has 1 aliphatic rings. The first-order valence-corrected chi connectivity index (χ1v) is 7.95. The number of aryl methyl sites for hydroxylation is 1. The van der Waals surface area contributed by atoms with Crippen LogP contribution in [0.25, 0.3) is 0 Å². The lowest BCUT2D eigenvalue weighted by Gasteiger charge is -2.11. The van der Waals surface area contributed by atoms with Crippen LogP contribution in [0.5, 0.6) is 11.5 Å². The van der Waals surface area contributed by atoms with Crippen molar-refractivity contribution in [3.63, 3.8) is 0 Å². The smallest absolute Gasteiger partial charge is 0.162 e. The summed E-state index contributed by atoms with van der Waals surface area (Å²) >= 11 is 1.71. The van der Waals surface area contributed by atoms with E-state index < -0.39 is 0 Å². The molecule has 4 heteroatoms. The molecule has 0 bridgehead atoms. The summed E-state index contributed by atoms with van der Waals surface area (Å²) in [6.45, 7) is 4.06. The lowest BCUT2D eigenvalue weighted by Crippen LogP contribution is -1.98. The zero-order valence-electron chi connectivity index (χ0n) is 12.1. The highest BCUT2D eigenvalue weighted by atomic mass is 32.2. The molecule has 0 aliphatic carbocycles. The van der Waals surface area contributed by atoms with Crippen LogP contribution in [0.1, 0.15) is 17.5 Å². The van der Waals surface area contributed by atoms with Crippen molar-refractivity contribution in [3.8, 4) is 11.5 Å².